The Bertz CT molecular complexity index is 1410. The van der Waals surface area contributed by atoms with Crippen LogP contribution in [0.5, 0.6) is 0 Å². The molecule has 0 aromatic rings. The van der Waals surface area contributed by atoms with E-state index in [1.165, 1.54) is 302 Å². The Balaban J connectivity index is 4.01. The van der Waals surface area contributed by atoms with Gasteiger partial charge in [0.25, 0.3) is 7.82 Å². The van der Waals surface area contributed by atoms with E-state index in [9.17, 15) is 19.4 Å². The Morgan fingerprint density at radius 1 is 0.432 bits per heavy atom. The van der Waals surface area contributed by atoms with Crippen LogP contribution < -0.4 is 10.2 Å². The highest BCUT2D eigenvalue weighted by atomic mass is 31.2. The number of hydrogen-bond donors (Lipinski definition) is 2. The number of hydrogen-bond acceptors (Lipinski definition) is 6. The van der Waals surface area contributed by atoms with Crippen LogP contribution in [0.15, 0.2) is 36.5 Å². The molecular weight excluding hydrogens is 1020 g/mol. The van der Waals surface area contributed by atoms with Gasteiger partial charge >= 0.3 is 0 Å². The predicted molar refractivity (Wildman–Crippen MR) is 353 cm³/mol. The van der Waals surface area contributed by atoms with Crippen LogP contribution >= 0.6 is 7.82 Å². The lowest BCUT2D eigenvalue weighted by molar-refractivity contribution is -0.870. The van der Waals surface area contributed by atoms with E-state index in [2.05, 4.69) is 43.5 Å². The van der Waals surface area contributed by atoms with Crippen LogP contribution in [0.25, 0.3) is 0 Å². The molecule has 0 aromatic carbocycles. The van der Waals surface area contributed by atoms with Crippen molar-refractivity contribution in [3.63, 3.8) is 0 Å². The first-order chi connectivity index (χ1) is 39.5. The molecule has 0 aliphatic rings. The zero-order chi connectivity index (χ0) is 59.1. The number of aliphatic hydroxyl groups excluding tert-OH is 1. The normalized spacial score (nSPS) is 13.8. The van der Waals surface area contributed by atoms with Crippen molar-refractivity contribution in [3.8, 4) is 0 Å². The molecule has 2 N–H and O–H groups in total. The Labute approximate surface area is 506 Å². The number of unbranched alkanes of at least 4 members (excludes halogenated alkanes) is 50. The summed E-state index contributed by atoms with van der Waals surface area (Å²) in [5, 5.41) is 14.0. The van der Waals surface area contributed by atoms with Gasteiger partial charge < -0.3 is 28.8 Å². The van der Waals surface area contributed by atoms with E-state index in [1.807, 2.05) is 27.2 Å². The second-order valence-electron chi connectivity index (χ2n) is 25.9. The number of aliphatic hydroxyl groups is 1. The lowest BCUT2D eigenvalue weighted by Crippen LogP contribution is -2.45. The summed E-state index contributed by atoms with van der Waals surface area (Å²) >= 11 is 0. The van der Waals surface area contributed by atoms with Crippen molar-refractivity contribution in [2.75, 3.05) is 40.9 Å². The minimum absolute atomic E-state index is 0.000783. The van der Waals surface area contributed by atoms with Gasteiger partial charge in [-0.05, 0) is 51.4 Å². The third-order valence-electron chi connectivity index (χ3n) is 16.6. The van der Waals surface area contributed by atoms with Gasteiger partial charge in [0.2, 0.25) is 5.91 Å². The molecule has 0 spiro atoms. The van der Waals surface area contributed by atoms with Crippen LogP contribution in [0.2, 0.25) is 0 Å². The topological polar surface area (TPSA) is 108 Å². The van der Waals surface area contributed by atoms with E-state index in [4.69, 9.17) is 9.05 Å². The highest BCUT2D eigenvalue weighted by Crippen LogP contribution is 2.38. The van der Waals surface area contributed by atoms with Gasteiger partial charge in [0.1, 0.15) is 13.2 Å². The maximum absolute atomic E-state index is 13.0. The van der Waals surface area contributed by atoms with Crippen LogP contribution in [0.4, 0.5) is 0 Å². The number of phosphoric acid groups is 1. The van der Waals surface area contributed by atoms with Gasteiger partial charge in [-0.15, -0.1) is 0 Å². The van der Waals surface area contributed by atoms with Gasteiger partial charge in [0.05, 0.1) is 39.9 Å². The zero-order valence-electron chi connectivity index (χ0n) is 55.0. The van der Waals surface area contributed by atoms with Crippen molar-refractivity contribution in [2.24, 2.45) is 0 Å². The number of amides is 1. The zero-order valence-corrected chi connectivity index (χ0v) is 55.9. The van der Waals surface area contributed by atoms with E-state index in [0.717, 1.165) is 44.9 Å². The second kappa shape index (κ2) is 63.2. The molecule has 8 nitrogen and oxygen atoms in total. The smallest absolute Gasteiger partial charge is 0.268 e. The van der Waals surface area contributed by atoms with E-state index in [-0.39, 0.29) is 19.1 Å². The van der Waals surface area contributed by atoms with Crippen molar-refractivity contribution in [2.45, 2.75) is 379 Å². The predicted octanol–water partition coefficient (Wildman–Crippen LogP) is 22.2. The number of allylic oxidation sites excluding steroid dienone is 5. The Morgan fingerprint density at radius 3 is 1.02 bits per heavy atom. The number of nitrogens with zero attached hydrogens (tertiary/aromatic N) is 1. The standard InChI is InChI=1S/C72H141N2O6P/c1-6-8-10-12-14-16-18-20-22-24-26-28-30-32-33-34-35-36-37-38-39-40-41-42-44-46-48-50-52-54-56-58-60-62-64-66-72(76)73-70(69-80-81(77,78)79-68-67-74(3,4)5)71(75)65-63-61-59-57-55-53-51-49-47-45-43-31-29-27-25-23-21-19-17-15-13-11-9-7-2/h30,32,34-35,63,65,70-71,75H,6-29,31,33,36-62,64,66-69H2,1-5H3,(H-,73,76,77,78)/b32-30-,35-34-,65-63+. The quantitative estimate of drug-likeness (QED) is 0.0272. The van der Waals surface area contributed by atoms with Gasteiger partial charge in [-0.2, -0.15) is 0 Å². The third kappa shape index (κ3) is 66.1. The molecule has 0 saturated carbocycles. The molecule has 0 aliphatic heterocycles. The van der Waals surface area contributed by atoms with Crippen molar-refractivity contribution in [3.05, 3.63) is 36.5 Å². The molecule has 480 valence electrons. The molecule has 9 heteroatoms. The van der Waals surface area contributed by atoms with Gasteiger partial charge in [-0.1, -0.05) is 346 Å². The molecule has 0 aliphatic carbocycles. The number of carbonyl (C=O) groups excluding carboxylic acids is 1. The van der Waals surface area contributed by atoms with E-state index >= 15 is 0 Å². The van der Waals surface area contributed by atoms with Crippen LogP contribution in [-0.4, -0.2) is 68.5 Å². The minimum atomic E-state index is -4.60. The van der Waals surface area contributed by atoms with Crippen molar-refractivity contribution < 1.29 is 32.9 Å². The lowest BCUT2D eigenvalue weighted by Gasteiger charge is -2.29. The first-order valence-corrected chi connectivity index (χ1v) is 37.3. The van der Waals surface area contributed by atoms with Crippen molar-refractivity contribution in [1.82, 2.24) is 5.32 Å². The summed E-state index contributed by atoms with van der Waals surface area (Å²) in [5.74, 6) is -0.191. The monoisotopic (exact) mass is 1160 g/mol. The maximum atomic E-state index is 13.0. The maximum Gasteiger partial charge on any atom is 0.268 e. The third-order valence-corrected chi connectivity index (χ3v) is 17.6. The molecule has 1 amide bonds. The van der Waals surface area contributed by atoms with Gasteiger partial charge in [-0.3, -0.25) is 9.36 Å². The highest BCUT2D eigenvalue weighted by molar-refractivity contribution is 7.45. The summed E-state index contributed by atoms with van der Waals surface area (Å²) in [6, 6.07) is -0.887. The number of rotatable bonds is 67. The second-order valence-corrected chi connectivity index (χ2v) is 27.4. The molecule has 3 atom stereocenters. The van der Waals surface area contributed by atoms with Crippen molar-refractivity contribution >= 4 is 13.7 Å². The fourth-order valence-corrected chi connectivity index (χ4v) is 11.7. The van der Waals surface area contributed by atoms with E-state index in [1.54, 1.807) is 6.08 Å². The highest BCUT2D eigenvalue weighted by Gasteiger charge is 2.23. The number of likely N-dealkylation sites (N-methyl/N-ethyl adjacent to an activating group) is 1. The summed E-state index contributed by atoms with van der Waals surface area (Å²) in [7, 11) is 1.28. The molecule has 81 heavy (non-hydrogen) atoms. The minimum Gasteiger partial charge on any atom is -0.756 e. The molecule has 0 rings (SSSR count). The average molecular weight is 1160 g/mol. The molecular formula is C72H141N2O6P. The molecule has 0 saturated heterocycles. The first-order valence-electron chi connectivity index (χ1n) is 35.9. The fraction of sp³-hybridized carbons (Fsp3) is 0.903. The van der Waals surface area contributed by atoms with Crippen LogP contribution in [0, 0.1) is 0 Å². The summed E-state index contributed by atoms with van der Waals surface area (Å²) in [4.78, 5) is 25.6. The number of quaternary nitrogens is 1. The van der Waals surface area contributed by atoms with Gasteiger partial charge in [-0.25, -0.2) is 0 Å². The van der Waals surface area contributed by atoms with Gasteiger partial charge in [0, 0.05) is 6.42 Å². The summed E-state index contributed by atoms with van der Waals surface area (Å²) in [6.07, 6.45) is 84.2. The number of phosphoric ester groups is 1. The summed E-state index contributed by atoms with van der Waals surface area (Å²) < 4.78 is 23.5. The molecule has 3 unspecified atom stereocenters. The summed E-state index contributed by atoms with van der Waals surface area (Å²) in [5.41, 5.74) is 0. The van der Waals surface area contributed by atoms with E-state index < -0.39 is 20.0 Å². The Morgan fingerprint density at radius 2 is 0.716 bits per heavy atom. The van der Waals surface area contributed by atoms with Crippen LogP contribution in [0.1, 0.15) is 367 Å². The number of carbonyl (C=O) groups is 1. The van der Waals surface area contributed by atoms with Crippen LogP contribution in [0.3, 0.4) is 0 Å². The average Bonchev–Trinajstić information content (AvgIpc) is 3.43. The molecule has 0 heterocycles. The fourth-order valence-electron chi connectivity index (χ4n) is 11.0. The lowest BCUT2D eigenvalue weighted by atomic mass is 10.0. The first kappa shape index (κ1) is 79.7. The van der Waals surface area contributed by atoms with Crippen LogP contribution in [-0.2, 0) is 18.4 Å². The molecule has 0 bridgehead atoms. The van der Waals surface area contributed by atoms with E-state index in [0.29, 0.717) is 17.4 Å². The molecule has 0 fully saturated rings. The molecule has 0 radical (unpaired) electrons. The largest absolute Gasteiger partial charge is 0.756 e. The Kier molecular flexibility index (Phi) is 62.2. The number of nitrogens with one attached hydrogen (secondary N) is 1. The van der Waals surface area contributed by atoms with Gasteiger partial charge in [0.15, 0.2) is 0 Å². The SMILES string of the molecule is CCCCCCCCCCCCC/C=C\C/C=C\CCCCCCCCCCCCCCCCCCCC(=O)NC(COP(=O)([O-])OCC[N+](C)(C)C)C(O)/C=C/CCCCCCCCCCCCCCCCCCCCCCCC. The summed E-state index contributed by atoms with van der Waals surface area (Å²) in [6.45, 7) is 4.71. The van der Waals surface area contributed by atoms with Crippen molar-refractivity contribution in [1.29, 1.82) is 0 Å². The Hall–Kier alpha value is -1.28. The molecule has 0 aromatic heterocycles.